The van der Waals surface area contributed by atoms with Crippen molar-refractivity contribution in [2.24, 2.45) is 0 Å². The molecule has 1 aromatic heterocycles. The molecule has 1 unspecified atom stereocenters. The smallest absolute Gasteiger partial charge is 0.349 e. The van der Waals surface area contributed by atoms with Crippen molar-refractivity contribution in [2.75, 3.05) is 11.9 Å². The first-order chi connectivity index (χ1) is 13.6. The number of benzene rings is 2. The minimum atomic E-state index is -0.632. The van der Waals surface area contributed by atoms with E-state index >= 15 is 0 Å². The topological polar surface area (TPSA) is 62.6 Å². The van der Waals surface area contributed by atoms with Gasteiger partial charge in [0, 0.05) is 23.7 Å². The largest absolute Gasteiger partial charge is 0.422 e. The molecule has 2 aromatic carbocycles. The summed E-state index contributed by atoms with van der Waals surface area (Å²) in [5.74, 6) is -0.461. The summed E-state index contributed by atoms with van der Waals surface area (Å²) in [6, 6.07) is 17.1. The van der Waals surface area contributed by atoms with Crippen LogP contribution in [0.15, 0.2) is 63.8 Å². The molecule has 1 aliphatic heterocycles. The van der Waals surface area contributed by atoms with Gasteiger partial charge in [0.1, 0.15) is 11.1 Å². The average molecular weight is 376 g/mol. The maximum Gasteiger partial charge on any atom is 0.349 e. The third-order valence-corrected chi connectivity index (χ3v) is 5.42. The lowest BCUT2D eigenvalue weighted by molar-refractivity contribution is 0.102. The molecule has 1 fully saturated rings. The lowest BCUT2D eigenvalue weighted by atomic mass is 10.0. The second-order valence-electron chi connectivity index (χ2n) is 7.45. The Labute approximate surface area is 164 Å². The monoisotopic (exact) mass is 376 g/mol. The zero-order valence-corrected chi connectivity index (χ0v) is 16.0. The first-order valence-electron chi connectivity index (χ1n) is 9.77. The van der Waals surface area contributed by atoms with Crippen LogP contribution >= 0.6 is 0 Å². The number of fused-ring (bicyclic) bond motifs is 1. The summed E-state index contributed by atoms with van der Waals surface area (Å²) in [5, 5.41) is 3.51. The van der Waals surface area contributed by atoms with Crippen molar-refractivity contribution in [3.8, 4) is 0 Å². The molecule has 2 heterocycles. The van der Waals surface area contributed by atoms with Crippen LogP contribution in [0.2, 0.25) is 0 Å². The van der Waals surface area contributed by atoms with Crippen molar-refractivity contribution in [2.45, 2.75) is 38.8 Å². The van der Waals surface area contributed by atoms with Crippen LogP contribution < -0.4 is 10.9 Å². The molecule has 1 N–H and O–H groups in total. The molecule has 1 aliphatic rings. The first kappa shape index (κ1) is 18.4. The molecular formula is C23H24N2O3. The van der Waals surface area contributed by atoms with E-state index in [9.17, 15) is 9.59 Å². The lowest BCUT2D eigenvalue weighted by Gasteiger charge is -2.33. The lowest BCUT2D eigenvalue weighted by Crippen LogP contribution is -2.36. The van der Waals surface area contributed by atoms with Gasteiger partial charge in [-0.3, -0.25) is 9.69 Å². The van der Waals surface area contributed by atoms with Crippen molar-refractivity contribution in [3.63, 3.8) is 0 Å². The SMILES string of the molecule is CC1CCCCN1Cc1ccc(NC(=O)c2cc3ccccc3oc2=O)cc1. The van der Waals surface area contributed by atoms with Gasteiger partial charge in [-0.15, -0.1) is 0 Å². The van der Waals surface area contributed by atoms with Crippen LogP contribution in [0.1, 0.15) is 42.1 Å². The summed E-state index contributed by atoms with van der Waals surface area (Å²) in [6.07, 6.45) is 3.82. The van der Waals surface area contributed by atoms with Gasteiger partial charge in [-0.1, -0.05) is 36.8 Å². The van der Waals surface area contributed by atoms with Gasteiger partial charge in [0.05, 0.1) is 0 Å². The van der Waals surface area contributed by atoms with E-state index in [1.165, 1.54) is 24.8 Å². The summed E-state index contributed by atoms with van der Waals surface area (Å²) in [4.78, 5) is 27.2. The van der Waals surface area contributed by atoms with Crippen LogP contribution in [-0.4, -0.2) is 23.4 Å². The van der Waals surface area contributed by atoms with Crippen LogP contribution in [0.4, 0.5) is 5.69 Å². The third kappa shape index (κ3) is 3.99. The molecule has 5 nitrogen and oxygen atoms in total. The van der Waals surface area contributed by atoms with E-state index < -0.39 is 11.5 Å². The fourth-order valence-electron chi connectivity index (χ4n) is 3.74. The Morgan fingerprint density at radius 2 is 1.93 bits per heavy atom. The quantitative estimate of drug-likeness (QED) is 0.685. The van der Waals surface area contributed by atoms with E-state index in [4.69, 9.17) is 4.42 Å². The predicted molar refractivity (Wildman–Crippen MR) is 111 cm³/mol. The summed E-state index contributed by atoms with van der Waals surface area (Å²) in [7, 11) is 0. The molecule has 5 heteroatoms. The highest BCUT2D eigenvalue weighted by atomic mass is 16.4. The van der Waals surface area contributed by atoms with Crippen LogP contribution in [0, 0.1) is 0 Å². The van der Waals surface area contributed by atoms with Gasteiger partial charge in [0.2, 0.25) is 0 Å². The molecule has 0 spiro atoms. The van der Waals surface area contributed by atoms with E-state index in [-0.39, 0.29) is 5.56 Å². The van der Waals surface area contributed by atoms with Gasteiger partial charge in [-0.05, 0) is 56.1 Å². The molecule has 1 amide bonds. The predicted octanol–water partition coefficient (Wildman–Crippen LogP) is 4.42. The van der Waals surface area contributed by atoms with Gasteiger partial charge in [-0.2, -0.15) is 0 Å². The maximum absolute atomic E-state index is 12.5. The van der Waals surface area contributed by atoms with Crippen molar-refractivity contribution in [1.29, 1.82) is 0 Å². The summed E-state index contributed by atoms with van der Waals surface area (Å²) in [6.45, 7) is 4.34. The Morgan fingerprint density at radius 1 is 1.14 bits per heavy atom. The molecule has 0 saturated carbocycles. The number of nitrogens with one attached hydrogen (secondary N) is 1. The average Bonchev–Trinajstić information content (AvgIpc) is 2.70. The van der Waals surface area contributed by atoms with Gasteiger partial charge in [-0.25, -0.2) is 4.79 Å². The number of piperidine rings is 1. The van der Waals surface area contributed by atoms with Gasteiger partial charge in [0.15, 0.2) is 0 Å². The molecule has 1 atom stereocenters. The number of amides is 1. The number of rotatable bonds is 4. The second-order valence-corrected chi connectivity index (χ2v) is 7.45. The van der Waals surface area contributed by atoms with Gasteiger partial charge in [0.25, 0.3) is 5.91 Å². The van der Waals surface area contributed by atoms with Crippen LogP contribution in [0.25, 0.3) is 11.0 Å². The number of para-hydroxylation sites is 1. The molecule has 1 saturated heterocycles. The van der Waals surface area contributed by atoms with Gasteiger partial charge < -0.3 is 9.73 Å². The number of carbonyl (C=O) groups is 1. The number of hydrogen-bond acceptors (Lipinski definition) is 4. The molecule has 144 valence electrons. The van der Waals surface area contributed by atoms with E-state index in [1.54, 1.807) is 18.2 Å². The standard InChI is InChI=1S/C23H24N2O3/c1-16-6-4-5-13-25(16)15-17-9-11-19(12-10-17)24-22(26)20-14-18-7-2-3-8-21(18)28-23(20)27/h2-3,7-12,14,16H,4-6,13,15H2,1H3,(H,24,26). The van der Waals surface area contributed by atoms with E-state index in [1.807, 2.05) is 36.4 Å². The highest BCUT2D eigenvalue weighted by Crippen LogP contribution is 2.20. The normalized spacial score (nSPS) is 17.5. The minimum absolute atomic E-state index is 0.00455. The minimum Gasteiger partial charge on any atom is -0.422 e. The number of anilines is 1. The second kappa shape index (κ2) is 7.98. The van der Waals surface area contributed by atoms with Crippen molar-refractivity contribution in [3.05, 3.63) is 76.1 Å². The van der Waals surface area contributed by atoms with Crippen molar-refractivity contribution >= 4 is 22.6 Å². The molecule has 3 aromatic rings. The van der Waals surface area contributed by atoms with Crippen LogP contribution in [0.5, 0.6) is 0 Å². The Morgan fingerprint density at radius 3 is 2.71 bits per heavy atom. The molecule has 0 bridgehead atoms. The zero-order valence-electron chi connectivity index (χ0n) is 16.0. The molecule has 28 heavy (non-hydrogen) atoms. The third-order valence-electron chi connectivity index (χ3n) is 5.42. The van der Waals surface area contributed by atoms with Gasteiger partial charge >= 0.3 is 5.63 Å². The summed E-state index contributed by atoms with van der Waals surface area (Å²) >= 11 is 0. The van der Waals surface area contributed by atoms with Crippen LogP contribution in [0.3, 0.4) is 0 Å². The first-order valence-corrected chi connectivity index (χ1v) is 9.77. The number of hydrogen-bond donors (Lipinski definition) is 1. The number of likely N-dealkylation sites (tertiary alicyclic amines) is 1. The summed E-state index contributed by atoms with van der Waals surface area (Å²) < 4.78 is 5.24. The maximum atomic E-state index is 12.5. The Balaban J connectivity index is 1.46. The fraction of sp³-hybridized carbons (Fsp3) is 0.304. The molecule has 4 rings (SSSR count). The zero-order chi connectivity index (χ0) is 19.5. The highest BCUT2D eigenvalue weighted by molar-refractivity contribution is 6.05. The molecule has 0 aliphatic carbocycles. The van der Waals surface area contributed by atoms with Crippen molar-refractivity contribution < 1.29 is 9.21 Å². The molecular weight excluding hydrogens is 352 g/mol. The number of nitrogens with zero attached hydrogens (tertiary/aromatic N) is 1. The van der Waals surface area contributed by atoms with E-state index in [2.05, 4.69) is 17.1 Å². The fourth-order valence-corrected chi connectivity index (χ4v) is 3.74. The van der Waals surface area contributed by atoms with E-state index in [0.717, 1.165) is 18.5 Å². The Kier molecular flexibility index (Phi) is 5.26. The summed E-state index contributed by atoms with van der Waals surface area (Å²) in [5.41, 5.74) is 1.72. The van der Waals surface area contributed by atoms with Crippen LogP contribution in [-0.2, 0) is 6.54 Å². The van der Waals surface area contributed by atoms with E-state index in [0.29, 0.717) is 17.3 Å². The highest BCUT2D eigenvalue weighted by Gasteiger charge is 2.18. The Hall–Kier alpha value is -2.92. The Bertz CT molecular complexity index is 1040. The number of carbonyl (C=O) groups excluding carboxylic acids is 1. The molecule has 0 radical (unpaired) electrons. The van der Waals surface area contributed by atoms with Crippen molar-refractivity contribution in [1.82, 2.24) is 4.90 Å².